The van der Waals surface area contributed by atoms with Gasteiger partial charge in [0, 0.05) is 40.7 Å². The lowest BCUT2D eigenvalue weighted by atomic mass is 10.1. The molecule has 6 heteroatoms. The number of ether oxygens (including phenoxy) is 1. The Balaban J connectivity index is 1.96. The van der Waals surface area contributed by atoms with Crippen LogP contribution in [0.1, 0.15) is 0 Å². The van der Waals surface area contributed by atoms with E-state index >= 15 is 0 Å². The molecule has 126 valence electrons. The van der Waals surface area contributed by atoms with Crippen LogP contribution in [0.3, 0.4) is 0 Å². The number of nitrogens with zero attached hydrogens (tertiary/aromatic N) is 2. The van der Waals surface area contributed by atoms with E-state index in [1.54, 1.807) is 7.11 Å². The number of aromatic nitrogens is 2. The van der Waals surface area contributed by atoms with Crippen LogP contribution in [0, 0.1) is 11.9 Å². The summed E-state index contributed by atoms with van der Waals surface area (Å²) in [7, 11) is 3.58. The first kappa shape index (κ1) is 16.1. The summed E-state index contributed by atoms with van der Waals surface area (Å²) in [5.74, 6) is 1.13. The van der Waals surface area contributed by atoms with E-state index in [0.717, 1.165) is 33.1 Å². The standard InChI is InChI=1S/C19H15Cl2N2O2/c1-23-10-14(13-8-18(24-2)19(25-21)9-17(13)23)16-5-3-11-7-12(20)4-6-15(11)22-16/h3-10,21H,1-2H3/q+1. The highest BCUT2D eigenvalue weighted by molar-refractivity contribution is 6.31. The third kappa shape index (κ3) is 2.68. The molecule has 4 rings (SSSR count). The molecule has 0 atom stereocenters. The predicted molar refractivity (Wildman–Crippen MR) is 97.2 cm³/mol. The van der Waals surface area contributed by atoms with Crippen LogP contribution in [0.5, 0.6) is 11.5 Å². The van der Waals surface area contributed by atoms with E-state index in [1.807, 2.05) is 60.3 Å². The van der Waals surface area contributed by atoms with Crippen molar-refractivity contribution < 1.29 is 20.9 Å². The molecule has 2 aromatic carbocycles. The average Bonchev–Trinajstić information content (AvgIpc) is 2.96. The topological polar surface area (TPSA) is 36.3 Å². The maximum atomic E-state index is 6.05. The number of aryl methyl sites for hydroxylation is 1. The van der Waals surface area contributed by atoms with Gasteiger partial charge in [0.1, 0.15) is 0 Å². The quantitative estimate of drug-likeness (QED) is 0.525. The van der Waals surface area contributed by atoms with E-state index in [0.29, 0.717) is 16.5 Å². The summed E-state index contributed by atoms with van der Waals surface area (Å²) in [5.41, 5.74) is 3.79. The van der Waals surface area contributed by atoms with Gasteiger partial charge in [0.2, 0.25) is 5.75 Å². The van der Waals surface area contributed by atoms with Crippen LogP contribution < -0.4 is 9.03 Å². The molecule has 4 aromatic rings. The number of halogens is 2. The van der Waals surface area contributed by atoms with E-state index in [9.17, 15) is 0 Å². The van der Waals surface area contributed by atoms with Crippen LogP contribution in [-0.2, 0) is 7.05 Å². The molecule has 0 saturated carbocycles. The molecule has 2 heterocycles. The zero-order chi connectivity index (χ0) is 17.6. The minimum absolute atomic E-state index is 0.527. The zero-order valence-corrected chi connectivity index (χ0v) is 15.2. The molecule has 0 unspecified atom stereocenters. The number of benzene rings is 2. The van der Waals surface area contributed by atoms with Crippen LogP contribution in [0.15, 0.2) is 48.7 Å². The minimum atomic E-state index is 0.527. The molecule has 0 radical (unpaired) electrons. The van der Waals surface area contributed by atoms with Gasteiger partial charge in [0.15, 0.2) is 5.75 Å². The maximum absolute atomic E-state index is 6.05. The Hall–Kier alpha value is -2.43. The fourth-order valence-corrected chi connectivity index (χ4v) is 3.38. The van der Waals surface area contributed by atoms with E-state index in [1.165, 1.54) is 0 Å². The van der Waals surface area contributed by atoms with Crippen molar-refractivity contribution in [3.05, 3.63) is 53.7 Å². The Morgan fingerprint density at radius 1 is 1.08 bits per heavy atom. The lowest BCUT2D eigenvalue weighted by Gasteiger charge is -2.05. The molecule has 4 nitrogen and oxygen atoms in total. The lowest BCUT2D eigenvalue weighted by molar-refractivity contribution is -0.635. The number of fused-ring (bicyclic) bond motifs is 2. The van der Waals surface area contributed by atoms with Gasteiger partial charge in [-0.15, -0.1) is 0 Å². The summed E-state index contributed by atoms with van der Waals surface area (Å²) in [6, 6.07) is 13.5. The highest BCUT2D eigenvalue weighted by atomic mass is 35.5. The molecule has 0 fully saturated rings. The number of rotatable bonds is 3. The molecule has 2 aromatic heterocycles. The second-order valence-electron chi connectivity index (χ2n) is 5.79. The van der Waals surface area contributed by atoms with Crippen molar-refractivity contribution in [2.45, 2.75) is 0 Å². The summed E-state index contributed by atoms with van der Waals surface area (Å²) in [6.07, 6.45) is 2.04. The molecule has 0 N–H and O–H groups in total. The third-order valence-corrected chi connectivity index (χ3v) is 4.71. The van der Waals surface area contributed by atoms with Crippen molar-refractivity contribution in [1.82, 2.24) is 9.55 Å². The fourth-order valence-electron chi connectivity index (χ4n) is 3.06. The third-order valence-electron chi connectivity index (χ3n) is 4.29. The Morgan fingerprint density at radius 3 is 2.68 bits per heavy atom. The summed E-state index contributed by atoms with van der Waals surface area (Å²) in [6.45, 7) is 0. The van der Waals surface area contributed by atoms with Gasteiger partial charge in [-0.3, -0.25) is 0 Å². The molecular formula is C19H15Cl2N2O2+. The summed E-state index contributed by atoms with van der Waals surface area (Å²) in [4.78, 5) is 4.78. The Kier molecular flexibility index (Phi) is 3.94. The average molecular weight is 374 g/mol. The van der Waals surface area contributed by atoms with Crippen LogP contribution in [0.25, 0.3) is 33.1 Å². The normalized spacial score (nSPS) is 11.2. The fraction of sp³-hybridized carbons (Fsp3) is 0.105. The van der Waals surface area contributed by atoms with E-state index in [-0.39, 0.29) is 0 Å². The minimum Gasteiger partial charge on any atom is -0.493 e. The Labute approximate surface area is 154 Å². The van der Waals surface area contributed by atoms with Gasteiger partial charge < -0.3 is 9.30 Å². The van der Waals surface area contributed by atoms with Crippen molar-refractivity contribution in [3.8, 4) is 22.8 Å². The van der Waals surface area contributed by atoms with Gasteiger partial charge in [0.25, 0.3) is 0 Å². The molecule has 0 saturated heterocycles. The zero-order valence-electron chi connectivity index (χ0n) is 13.6. The SMILES string of the molecule is COc1cc2c(-c3ccc4cc(Cl)ccc4n3)cn(C)c2cc1O[ClH+]. The number of methoxy groups -OCH3 is 1. The van der Waals surface area contributed by atoms with Gasteiger partial charge in [-0.05, 0) is 30.3 Å². The van der Waals surface area contributed by atoms with Crippen LogP contribution >= 0.6 is 11.6 Å². The largest absolute Gasteiger partial charge is 0.493 e. The van der Waals surface area contributed by atoms with Gasteiger partial charge >= 0.3 is 11.9 Å². The van der Waals surface area contributed by atoms with Gasteiger partial charge in [-0.25, -0.2) is 9.27 Å². The number of pyridine rings is 1. The molecule has 0 aliphatic heterocycles. The first-order valence-corrected chi connectivity index (χ1v) is 8.35. The first-order chi connectivity index (χ1) is 12.1. The van der Waals surface area contributed by atoms with Crippen molar-refractivity contribution in [2.24, 2.45) is 7.05 Å². The maximum Gasteiger partial charge on any atom is 0.374 e. The molecule has 25 heavy (non-hydrogen) atoms. The molecule has 0 amide bonds. The van der Waals surface area contributed by atoms with E-state index in [2.05, 4.69) is 0 Å². The molecule has 0 aliphatic rings. The van der Waals surface area contributed by atoms with Crippen molar-refractivity contribution in [2.75, 3.05) is 7.11 Å². The van der Waals surface area contributed by atoms with Crippen molar-refractivity contribution >= 4 is 33.4 Å². The highest BCUT2D eigenvalue weighted by Crippen LogP contribution is 2.38. The lowest BCUT2D eigenvalue weighted by Crippen LogP contribution is -1.91. The van der Waals surface area contributed by atoms with Crippen molar-refractivity contribution in [1.29, 1.82) is 0 Å². The molecule has 0 aliphatic carbocycles. The van der Waals surface area contributed by atoms with E-state index < -0.39 is 0 Å². The predicted octanol–water partition coefficient (Wildman–Crippen LogP) is 4.63. The molecule has 0 bridgehead atoms. The van der Waals surface area contributed by atoms with Crippen molar-refractivity contribution in [3.63, 3.8) is 0 Å². The number of hydrogen-bond acceptors (Lipinski definition) is 3. The summed E-state index contributed by atoms with van der Waals surface area (Å²) in [5, 5.41) is 2.74. The number of hydrogen-bond donors (Lipinski definition) is 0. The van der Waals surface area contributed by atoms with Gasteiger partial charge in [-0.2, -0.15) is 0 Å². The first-order valence-electron chi connectivity index (χ1n) is 7.64. The second-order valence-corrected chi connectivity index (χ2v) is 6.39. The smallest absolute Gasteiger partial charge is 0.374 e. The van der Waals surface area contributed by atoms with E-state index in [4.69, 9.17) is 37.5 Å². The second kappa shape index (κ2) is 6.14. The monoisotopic (exact) mass is 373 g/mol. The molecule has 0 spiro atoms. The van der Waals surface area contributed by atoms with Gasteiger partial charge in [-0.1, -0.05) is 17.7 Å². The Bertz CT molecular complexity index is 1110. The van der Waals surface area contributed by atoms with Gasteiger partial charge in [0.05, 0.1) is 23.8 Å². The Morgan fingerprint density at radius 2 is 1.92 bits per heavy atom. The molecular weight excluding hydrogens is 359 g/mol. The summed E-state index contributed by atoms with van der Waals surface area (Å²) < 4.78 is 12.4. The summed E-state index contributed by atoms with van der Waals surface area (Å²) >= 11 is 10.8. The van der Waals surface area contributed by atoms with Crippen LogP contribution in [0.2, 0.25) is 5.02 Å². The van der Waals surface area contributed by atoms with Crippen LogP contribution in [-0.4, -0.2) is 16.7 Å². The highest BCUT2D eigenvalue weighted by Gasteiger charge is 2.16. The van der Waals surface area contributed by atoms with Crippen LogP contribution in [0.4, 0.5) is 0 Å².